The number of hydrogen-bond donors (Lipinski definition) is 1. The predicted molar refractivity (Wildman–Crippen MR) is 72.4 cm³/mol. The normalized spacial score (nSPS) is 26.4. The Kier molecular flexibility index (Phi) is 3.87. The molecule has 1 N–H and O–H groups in total. The molecule has 1 aromatic rings. The Morgan fingerprint density at radius 3 is 2.94 bits per heavy atom. The molecule has 0 bridgehead atoms. The summed E-state index contributed by atoms with van der Waals surface area (Å²) in [7, 11) is 0. The van der Waals surface area contributed by atoms with Crippen molar-refractivity contribution in [2.75, 3.05) is 18.0 Å². The summed E-state index contributed by atoms with van der Waals surface area (Å²) in [6.07, 6.45) is 1.22. The molecule has 1 aromatic heterocycles. The number of hydrogen-bond acceptors (Lipinski definition) is 3. The van der Waals surface area contributed by atoms with Gasteiger partial charge in [0, 0.05) is 36.2 Å². The molecule has 2 heterocycles. The number of thiophene rings is 1. The average molecular weight is 238 g/mol. The van der Waals surface area contributed by atoms with E-state index in [-0.39, 0.29) is 0 Å². The molecule has 2 atom stereocenters. The van der Waals surface area contributed by atoms with Gasteiger partial charge in [0.05, 0.1) is 0 Å². The smallest absolute Gasteiger partial charge is 0.0478 e. The van der Waals surface area contributed by atoms with Crippen LogP contribution in [0.2, 0.25) is 0 Å². The second-order valence-corrected chi connectivity index (χ2v) is 5.73. The van der Waals surface area contributed by atoms with Crippen LogP contribution >= 0.6 is 11.3 Å². The fraction of sp³-hybridized carbons (Fsp3) is 0.692. The maximum absolute atomic E-state index is 3.67. The molecule has 1 aliphatic rings. The minimum Gasteiger partial charge on any atom is -0.365 e. The highest BCUT2D eigenvalue weighted by Gasteiger charge is 2.28. The van der Waals surface area contributed by atoms with E-state index in [1.165, 1.54) is 12.1 Å². The van der Waals surface area contributed by atoms with Gasteiger partial charge in [0.15, 0.2) is 0 Å². The fourth-order valence-electron chi connectivity index (χ4n) is 2.37. The Morgan fingerprint density at radius 2 is 2.38 bits per heavy atom. The molecule has 90 valence electrons. The summed E-state index contributed by atoms with van der Waals surface area (Å²) in [5.41, 5.74) is 1.41. The SMILES string of the molecule is CCC1CNC(C(C)C)CN1c1ccsc1. The van der Waals surface area contributed by atoms with Crippen LogP contribution in [0.15, 0.2) is 16.8 Å². The molecule has 0 spiro atoms. The lowest BCUT2D eigenvalue weighted by Crippen LogP contribution is -2.58. The van der Waals surface area contributed by atoms with Crippen LogP contribution in [0.3, 0.4) is 0 Å². The third kappa shape index (κ3) is 2.41. The van der Waals surface area contributed by atoms with Crippen molar-refractivity contribution in [3.63, 3.8) is 0 Å². The first kappa shape index (κ1) is 11.9. The highest BCUT2D eigenvalue weighted by Crippen LogP contribution is 2.25. The second kappa shape index (κ2) is 5.19. The lowest BCUT2D eigenvalue weighted by atomic mass is 9.98. The number of nitrogens with zero attached hydrogens (tertiary/aromatic N) is 1. The molecule has 0 radical (unpaired) electrons. The summed E-state index contributed by atoms with van der Waals surface area (Å²) in [6, 6.07) is 3.53. The zero-order chi connectivity index (χ0) is 11.5. The van der Waals surface area contributed by atoms with Crippen molar-refractivity contribution in [2.45, 2.75) is 39.3 Å². The monoisotopic (exact) mass is 238 g/mol. The maximum atomic E-state index is 3.67. The van der Waals surface area contributed by atoms with E-state index in [1.807, 2.05) is 0 Å². The van der Waals surface area contributed by atoms with Gasteiger partial charge >= 0.3 is 0 Å². The highest BCUT2D eigenvalue weighted by molar-refractivity contribution is 7.08. The van der Waals surface area contributed by atoms with Crippen molar-refractivity contribution in [1.82, 2.24) is 5.32 Å². The molecule has 2 rings (SSSR count). The zero-order valence-corrected chi connectivity index (χ0v) is 11.3. The van der Waals surface area contributed by atoms with Crippen molar-refractivity contribution >= 4 is 17.0 Å². The van der Waals surface area contributed by atoms with Crippen LogP contribution in [0.5, 0.6) is 0 Å². The molecule has 1 aliphatic heterocycles. The Bertz CT molecular complexity index is 308. The van der Waals surface area contributed by atoms with Crippen LogP contribution in [-0.4, -0.2) is 25.2 Å². The van der Waals surface area contributed by atoms with Crippen molar-refractivity contribution in [2.24, 2.45) is 5.92 Å². The van der Waals surface area contributed by atoms with Gasteiger partial charge in [-0.1, -0.05) is 20.8 Å². The zero-order valence-electron chi connectivity index (χ0n) is 10.4. The van der Waals surface area contributed by atoms with Crippen molar-refractivity contribution < 1.29 is 0 Å². The molecule has 3 heteroatoms. The number of anilines is 1. The van der Waals surface area contributed by atoms with E-state index in [2.05, 4.69) is 47.8 Å². The van der Waals surface area contributed by atoms with Crippen molar-refractivity contribution in [3.8, 4) is 0 Å². The van der Waals surface area contributed by atoms with Crippen LogP contribution < -0.4 is 10.2 Å². The van der Waals surface area contributed by atoms with Gasteiger partial charge in [0.2, 0.25) is 0 Å². The van der Waals surface area contributed by atoms with E-state index in [9.17, 15) is 0 Å². The molecule has 0 aliphatic carbocycles. The molecule has 0 amide bonds. The van der Waals surface area contributed by atoms with E-state index in [4.69, 9.17) is 0 Å². The summed E-state index contributed by atoms with van der Waals surface area (Å²) in [5.74, 6) is 0.707. The first-order valence-electron chi connectivity index (χ1n) is 6.24. The predicted octanol–water partition coefficient (Wildman–Crippen LogP) is 2.96. The van der Waals surface area contributed by atoms with Crippen LogP contribution in [0.25, 0.3) is 0 Å². The van der Waals surface area contributed by atoms with Crippen LogP contribution in [0.4, 0.5) is 5.69 Å². The largest absolute Gasteiger partial charge is 0.365 e. The molecular formula is C13H22N2S. The van der Waals surface area contributed by atoms with E-state index in [0.29, 0.717) is 18.0 Å². The lowest BCUT2D eigenvalue weighted by Gasteiger charge is -2.42. The minimum absolute atomic E-state index is 0.628. The molecule has 0 saturated carbocycles. The summed E-state index contributed by atoms with van der Waals surface area (Å²) in [5, 5.41) is 8.12. The average Bonchev–Trinajstić information content (AvgIpc) is 2.81. The van der Waals surface area contributed by atoms with Crippen molar-refractivity contribution in [1.29, 1.82) is 0 Å². The van der Waals surface area contributed by atoms with Crippen LogP contribution in [-0.2, 0) is 0 Å². The van der Waals surface area contributed by atoms with Crippen LogP contribution in [0, 0.1) is 5.92 Å². The Labute approximate surface area is 103 Å². The Hall–Kier alpha value is -0.540. The molecule has 0 aromatic carbocycles. The highest BCUT2D eigenvalue weighted by atomic mass is 32.1. The third-order valence-electron chi connectivity index (χ3n) is 3.56. The molecule has 1 saturated heterocycles. The molecule has 2 unspecified atom stereocenters. The van der Waals surface area contributed by atoms with Gasteiger partial charge in [0.25, 0.3) is 0 Å². The standard InChI is InChI=1S/C13H22N2S/c1-4-11-7-14-13(10(2)3)8-15(11)12-5-6-16-9-12/h5-6,9-11,13-14H,4,7-8H2,1-3H3. The third-order valence-corrected chi connectivity index (χ3v) is 4.23. The fourth-order valence-corrected chi connectivity index (χ4v) is 3.02. The van der Waals surface area contributed by atoms with Crippen LogP contribution in [0.1, 0.15) is 27.2 Å². The molecular weight excluding hydrogens is 216 g/mol. The van der Waals surface area contributed by atoms with Gasteiger partial charge < -0.3 is 10.2 Å². The summed E-state index contributed by atoms with van der Waals surface area (Å²) in [6.45, 7) is 9.15. The summed E-state index contributed by atoms with van der Waals surface area (Å²) >= 11 is 1.79. The topological polar surface area (TPSA) is 15.3 Å². The minimum atomic E-state index is 0.628. The maximum Gasteiger partial charge on any atom is 0.0478 e. The molecule has 1 fully saturated rings. The van der Waals surface area contributed by atoms with E-state index in [0.717, 1.165) is 13.1 Å². The van der Waals surface area contributed by atoms with Gasteiger partial charge in [0.1, 0.15) is 0 Å². The van der Waals surface area contributed by atoms with Gasteiger partial charge in [-0.25, -0.2) is 0 Å². The van der Waals surface area contributed by atoms with E-state index in [1.54, 1.807) is 11.3 Å². The quantitative estimate of drug-likeness (QED) is 0.871. The van der Waals surface area contributed by atoms with E-state index < -0.39 is 0 Å². The lowest BCUT2D eigenvalue weighted by molar-refractivity contribution is 0.325. The Morgan fingerprint density at radius 1 is 1.56 bits per heavy atom. The number of nitrogens with one attached hydrogen (secondary N) is 1. The number of rotatable bonds is 3. The van der Waals surface area contributed by atoms with Gasteiger partial charge in [-0.2, -0.15) is 11.3 Å². The molecule has 2 nitrogen and oxygen atoms in total. The van der Waals surface area contributed by atoms with Gasteiger partial charge in [-0.3, -0.25) is 0 Å². The Balaban J connectivity index is 2.11. The van der Waals surface area contributed by atoms with Crippen molar-refractivity contribution in [3.05, 3.63) is 16.8 Å². The first-order chi connectivity index (χ1) is 7.72. The first-order valence-corrected chi connectivity index (χ1v) is 7.19. The summed E-state index contributed by atoms with van der Waals surface area (Å²) in [4.78, 5) is 2.58. The van der Waals surface area contributed by atoms with Gasteiger partial charge in [-0.05, 0) is 23.8 Å². The number of piperazine rings is 1. The molecule has 16 heavy (non-hydrogen) atoms. The van der Waals surface area contributed by atoms with Gasteiger partial charge in [-0.15, -0.1) is 0 Å². The van der Waals surface area contributed by atoms with E-state index >= 15 is 0 Å². The second-order valence-electron chi connectivity index (χ2n) is 4.95. The summed E-state index contributed by atoms with van der Waals surface area (Å²) < 4.78 is 0.